The number of aryl methyl sites for hydroxylation is 1. The molecule has 1 fully saturated rings. The number of aromatic amines is 1. The molecule has 4 aromatic rings. The summed E-state index contributed by atoms with van der Waals surface area (Å²) in [6.07, 6.45) is 2.80. The number of carbonyl (C=O) groups is 1. The molecule has 1 aliphatic rings. The van der Waals surface area contributed by atoms with Gasteiger partial charge < -0.3 is 19.9 Å². The predicted molar refractivity (Wildman–Crippen MR) is 135 cm³/mol. The summed E-state index contributed by atoms with van der Waals surface area (Å²) < 4.78 is 7.54. The molecule has 0 spiro atoms. The number of para-hydroxylation sites is 1. The third-order valence-corrected chi connectivity index (χ3v) is 6.82. The number of nitrogens with one attached hydrogen (secondary N) is 2. The van der Waals surface area contributed by atoms with Crippen molar-refractivity contribution in [1.29, 1.82) is 0 Å². The van der Waals surface area contributed by atoms with E-state index in [4.69, 9.17) is 4.74 Å². The number of morpholine rings is 1. The standard InChI is InChI=1S/C25H28N6O2S/c1-18-5-4-6-20(15-18)31-24(30-11-13-33-14-12-30)28-29-25(31)34-17-23(32)26-10-9-19-16-27-22-8-3-2-7-21(19)22/h2-8,15-16,27H,9-14,17H2,1H3,(H,26,32). The molecular formula is C25H28N6O2S. The Bertz CT molecular complexity index is 1280. The van der Waals surface area contributed by atoms with Crippen LogP contribution in [0.3, 0.4) is 0 Å². The molecule has 0 saturated carbocycles. The van der Waals surface area contributed by atoms with E-state index in [1.54, 1.807) is 0 Å². The van der Waals surface area contributed by atoms with E-state index in [1.807, 2.05) is 35.0 Å². The largest absolute Gasteiger partial charge is 0.378 e. The first kappa shape index (κ1) is 22.5. The number of amides is 1. The molecule has 34 heavy (non-hydrogen) atoms. The van der Waals surface area contributed by atoms with Crippen LogP contribution in [0.25, 0.3) is 16.6 Å². The Kier molecular flexibility index (Phi) is 6.82. The molecule has 0 atom stereocenters. The Morgan fingerprint density at radius 2 is 2.00 bits per heavy atom. The lowest BCUT2D eigenvalue weighted by molar-refractivity contribution is -0.118. The number of thioether (sulfide) groups is 1. The molecule has 2 N–H and O–H groups in total. The number of fused-ring (bicyclic) bond motifs is 1. The van der Waals surface area contributed by atoms with Crippen LogP contribution in [0.4, 0.5) is 5.95 Å². The maximum Gasteiger partial charge on any atom is 0.232 e. The molecular weight excluding hydrogens is 448 g/mol. The van der Waals surface area contributed by atoms with Gasteiger partial charge in [0.25, 0.3) is 0 Å². The second-order valence-corrected chi connectivity index (χ2v) is 9.25. The van der Waals surface area contributed by atoms with Gasteiger partial charge in [-0.05, 0) is 42.7 Å². The number of aromatic nitrogens is 4. The van der Waals surface area contributed by atoms with Crippen LogP contribution in [0, 0.1) is 6.92 Å². The third-order valence-electron chi connectivity index (χ3n) is 5.89. The summed E-state index contributed by atoms with van der Waals surface area (Å²) in [5.41, 5.74) is 4.47. The lowest BCUT2D eigenvalue weighted by atomic mass is 10.1. The first-order valence-electron chi connectivity index (χ1n) is 11.5. The normalized spacial score (nSPS) is 14.0. The zero-order chi connectivity index (χ0) is 23.3. The van der Waals surface area contributed by atoms with Crippen LogP contribution >= 0.6 is 11.8 Å². The van der Waals surface area contributed by atoms with Gasteiger partial charge in [-0.15, -0.1) is 10.2 Å². The topological polar surface area (TPSA) is 88.1 Å². The van der Waals surface area contributed by atoms with Gasteiger partial charge in [-0.3, -0.25) is 9.36 Å². The number of hydrogen-bond donors (Lipinski definition) is 2. The van der Waals surface area contributed by atoms with Crippen LogP contribution in [0.1, 0.15) is 11.1 Å². The summed E-state index contributed by atoms with van der Waals surface area (Å²) in [6, 6.07) is 16.5. The Morgan fingerprint density at radius 1 is 1.15 bits per heavy atom. The number of benzene rings is 2. The van der Waals surface area contributed by atoms with E-state index in [1.165, 1.54) is 22.7 Å². The van der Waals surface area contributed by atoms with E-state index in [-0.39, 0.29) is 11.7 Å². The van der Waals surface area contributed by atoms with Crippen LogP contribution in [0.15, 0.2) is 59.9 Å². The molecule has 0 radical (unpaired) electrons. The Hall–Kier alpha value is -3.30. The van der Waals surface area contributed by atoms with Crippen molar-refractivity contribution in [2.75, 3.05) is 43.5 Å². The van der Waals surface area contributed by atoms with Crippen molar-refractivity contribution in [2.24, 2.45) is 0 Å². The van der Waals surface area contributed by atoms with Crippen LogP contribution in [-0.2, 0) is 16.0 Å². The molecule has 5 rings (SSSR count). The zero-order valence-electron chi connectivity index (χ0n) is 19.2. The van der Waals surface area contributed by atoms with Gasteiger partial charge in [0.1, 0.15) is 0 Å². The smallest absolute Gasteiger partial charge is 0.232 e. The van der Waals surface area contributed by atoms with Gasteiger partial charge in [0, 0.05) is 36.7 Å². The third kappa shape index (κ3) is 4.95. The van der Waals surface area contributed by atoms with Gasteiger partial charge in [-0.2, -0.15) is 0 Å². The van der Waals surface area contributed by atoms with Crippen molar-refractivity contribution < 1.29 is 9.53 Å². The number of anilines is 1. The summed E-state index contributed by atoms with van der Waals surface area (Å²) in [6.45, 7) is 5.52. The van der Waals surface area contributed by atoms with Gasteiger partial charge in [-0.25, -0.2) is 0 Å². The molecule has 1 saturated heterocycles. The summed E-state index contributed by atoms with van der Waals surface area (Å²) in [5.74, 6) is 1.05. The van der Waals surface area contributed by atoms with Crippen molar-refractivity contribution in [2.45, 2.75) is 18.5 Å². The molecule has 176 valence electrons. The predicted octanol–water partition coefficient (Wildman–Crippen LogP) is 3.34. The minimum atomic E-state index is -0.0171. The number of rotatable bonds is 8. The van der Waals surface area contributed by atoms with Crippen LogP contribution in [0.5, 0.6) is 0 Å². The lowest BCUT2D eigenvalue weighted by Gasteiger charge is -2.28. The summed E-state index contributed by atoms with van der Waals surface area (Å²) in [4.78, 5) is 18.1. The van der Waals surface area contributed by atoms with Crippen molar-refractivity contribution in [3.05, 3.63) is 65.9 Å². The highest BCUT2D eigenvalue weighted by Crippen LogP contribution is 2.27. The number of ether oxygens (including phenoxy) is 1. The zero-order valence-corrected chi connectivity index (χ0v) is 20.0. The molecule has 1 aliphatic heterocycles. The van der Waals surface area contributed by atoms with Crippen LogP contribution < -0.4 is 10.2 Å². The van der Waals surface area contributed by atoms with Gasteiger partial charge in [-0.1, -0.05) is 42.1 Å². The highest BCUT2D eigenvalue weighted by atomic mass is 32.2. The van der Waals surface area contributed by atoms with Gasteiger partial charge in [0.2, 0.25) is 11.9 Å². The highest BCUT2D eigenvalue weighted by molar-refractivity contribution is 7.99. The van der Waals surface area contributed by atoms with Crippen LogP contribution in [0.2, 0.25) is 0 Å². The average Bonchev–Trinajstić information content (AvgIpc) is 3.48. The minimum absolute atomic E-state index is 0.0171. The van der Waals surface area contributed by atoms with E-state index in [0.717, 1.165) is 42.2 Å². The van der Waals surface area contributed by atoms with E-state index in [0.29, 0.717) is 24.9 Å². The Balaban J connectivity index is 1.24. The van der Waals surface area contributed by atoms with E-state index >= 15 is 0 Å². The molecule has 1 amide bonds. The second-order valence-electron chi connectivity index (χ2n) is 8.30. The van der Waals surface area contributed by atoms with Gasteiger partial charge >= 0.3 is 0 Å². The fourth-order valence-corrected chi connectivity index (χ4v) is 4.95. The lowest BCUT2D eigenvalue weighted by Crippen LogP contribution is -2.37. The highest BCUT2D eigenvalue weighted by Gasteiger charge is 2.22. The number of nitrogens with zero attached hydrogens (tertiary/aromatic N) is 4. The quantitative estimate of drug-likeness (QED) is 0.379. The fraction of sp³-hybridized carbons (Fsp3) is 0.320. The molecule has 2 aromatic carbocycles. The van der Waals surface area contributed by atoms with Crippen molar-refractivity contribution in [3.63, 3.8) is 0 Å². The molecule has 0 bridgehead atoms. The fourth-order valence-electron chi connectivity index (χ4n) is 4.17. The molecule has 9 heteroatoms. The van der Waals surface area contributed by atoms with E-state index in [2.05, 4.69) is 56.6 Å². The molecule has 8 nitrogen and oxygen atoms in total. The molecule has 0 aliphatic carbocycles. The van der Waals surface area contributed by atoms with E-state index < -0.39 is 0 Å². The van der Waals surface area contributed by atoms with Crippen LogP contribution in [-0.4, -0.2) is 64.3 Å². The number of carbonyl (C=O) groups excluding carboxylic acids is 1. The van der Waals surface area contributed by atoms with E-state index in [9.17, 15) is 4.79 Å². The summed E-state index contributed by atoms with van der Waals surface area (Å²) >= 11 is 1.40. The number of H-pyrrole nitrogens is 1. The van der Waals surface area contributed by atoms with Crippen molar-refractivity contribution in [1.82, 2.24) is 25.1 Å². The second kappa shape index (κ2) is 10.3. The van der Waals surface area contributed by atoms with Crippen molar-refractivity contribution in [3.8, 4) is 5.69 Å². The molecule has 2 aromatic heterocycles. The first-order chi connectivity index (χ1) is 16.7. The average molecular weight is 477 g/mol. The summed E-state index contributed by atoms with van der Waals surface area (Å²) in [7, 11) is 0. The molecule has 3 heterocycles. The minimum Gasteiger partial charge on any atom is -0.378 e. The van der Waals surface area contributed by atoms with Gasteiger partial charge in [0.05, 0.1) is 24.7 Å². The molecule has 0 unspecified atom stereocenters. The number of hydrogen-bond acceptors (Lipinski definition) is 6. The SMILES string of the molecule is Cc1cccc(-n2c(SCC(=O)NCCc3c[nH]c4ccccc34)nnc2N2CCOCC2)c1. The van der Waals surface area contributed by atoms with Crippen molar-refractivity contribution >= 4 is 34.5 Å². The first-order valence-corrected chi connectivity index (χ1v) is 12.5. The maximum atomic E-state index is 12.6. The summed E-state index contributed by atoms with van der Waals surface area (Å²) in [5, 5.41) is 13.9. The Morgan fingerprint density at radius 3 is 2.85 bits per heavy atom. The maximum absolute atomic E-state index is 12.6. The monoisotopic (exact) mass is 476 g/mol. The Labute approximate surface area is 202 Å². The van der Waals surface area contributed by atoms with Gasteiger partial charge in [0.15, 0.2) is 5.16 Å².